The lowest BCUT2D eigenvalue weighted by Gasteiger charge is -2.20. The smallest absolute Gasteiger partial charge is 0.251 e. The molecule has 1 saturated carbocycles. The first-order valence-corrected chi connectivity index (χ1v) is 9.12. The van der Waals surface area contributed by atoms with Crippen LogP contribution in [0.2, 0.25) is 0 Å². The standard InChI is InChI=1S/C17H26N2OS/c1-4-10-18-13-8-9-14(12(2)11-13)17(20)19-15-6-5-7-16(15)21-3/h8-9,11,15-16,18H,4-7,10H2,1-3H3,(H,19,20). The summed E-state index contributed by atoms with van der Waals surface area (Å²) in [6.07, 6.45) is 6.76. The Morgan fingerprint density at radius 1 is 1.38 bits per heavy atom. The van der Waals surface area contributed by atoms with E-state index in [0.717, 1.165) is 36.2 Å². The molecule has 2 atom stereocenters. The minimum Gasteiger partial charge on any atom is -0.385 e. The van der Waals surface area contributed by atoms with E-state index in [2.05, 4.69) is 29.9 Å². The molecule has 0 saturated heterocycles. The number of thioether (sulfide) groups is 1. The molecule has 1 amide bonds. The van der Waals surface area contributed by atoms with Crippen LogP contribution in [0.4, 0.5) is 5.69 Å². The first-order valence-electron chi connectivity index (χ1n) is 7.84. The van der Waals surface area contributed by atoms with Gasteiger partial charge in [-0.2, -0.15) is 11.8 Å². The normalized spacial score (nSPS) is 21.3. The largest absolute Gasteiger partial charge is 0.385 e. The van der Waals surface area contributed by atoms with E-state index < -0.39 is 0 Å². The van der Waals surface area contributed by atoms with Crippen LogP contribution in [-0.2, 0) is 0 Å². The summed E-state index contributed by atoms with van der Waals surface area (Å²) >= 11 is 1.87. The number of hydrogen-bond donors (Lipinski definition) is 2. The third-order valence-electron chi connectivity index (χ3n) is 4.12. The average molecular weight is 306 g/mol. The highest BCUT2D eigenvalue weighted by Crippen LogP contribution is 2.28. The molecular weight excluding hydrogens is 280 g/mol. The second kappa shape index (κ2) is 7.74. The van der Waals surface area contributed by atoms with E-state index in [0.29, 0.717) is 11.3 Å². The highest BCUT2D eigenvalue weighted by atomic mass is 32.2. The van der Waals surface area contributed by atoms with Gasteiger partial charge < -0.3 is 10.6 Å². The molecule has 4 heteroatoms. The summed E-state index contributed by atoms with van der Waals surface area (Å²) in [5.41, 5.74) is 2.92. The van der Waals surface area contributed by atoms with Crippen LogP contribution >= 0.6 is 11.8 Å². The van der Waals surface area contributed by atoms with Crippen molar-refractivity contribution in [2.75, 3.05) is 18.1 Å². The minimum atomic E-state index is 0.0699. The van der Waals surface area contributed by atoms with Crippen molar-refractivity contribution in [2.45, 2.75) is 50.8 Å². The highest BCUT2D eigenvalue weighted by molar-refractivity contribution is 7.99. The maximum absolute atomic E-state index is 12.5. The van der Waals surface area contributed by atoms with E-state index in [9.17, 15) is 4.79 Å². The molecule has 1 aromatic rings. The molecule has 3 nitrogen and oxygen atoms in total. The van der Waals surface area contributed by atoms with Crippen LogP contribution in [0.25, 0.3) is 0 Å². The van der Waals surface area contributed by atoms with Crippen LogP contribution in [0.5, 0.6) is 0 Å². The Bertz CT molecular complexity index is 490. The number of rotatable bonds is 6. The molecule has 1 aromatic carbocycles. The van der Waals surface area contributed by atoms with Gasteiger partial charge in [0, 0.05) is 29.1 Å². The predicted octanol–water partition coefficient (Wildman–Crippen LogP) is 3.83. The molecule has 0 bridgehead atoms. The average Bonchev–Trinajstić information content (AvgIpc) is 2.92. The molecule has 0 spiro atoms. The molecule has 0 heterocycles. The lowest BCUT2D eigenvalue weighted by atomic mass is 10.1. The lowest BCUT2D eigenvalue weighted by molar-refractivity contribution is 0.0938. The van der Waals surface area contributed by atoms with Crippen LogP contribution in [0.1, 0.15) is 48.5 Å². The van der Waals surface area contributed by atoms with Gasteiger partial charge in [0.15, 0.2) is 0 Å². The van der Waals surface area contributed by atoms with Crippen LogP contribution in [0, 0.1) is 6.92 Å². The number of amides is 1. The number of nitrogens with one attached hydrogen (secondary N) is 2. The second-order valence-corrected chi connectivity index (χ2v) is 6.82. The fourth-order valence-corrected chi connectivity index (χ4v) is 3.85. The van der Waals surface area contributed by atoms with Crippen LogP contribution < -0.4 is 10.6 Å². The summed E-state index contributed by atoms with van der Waals surface area (Å²) < 4.78 is 0. The topological polar surface area (TPSA) is 41.1 Å². The van der Waals surface area contributed by atoms with E-state index in [1.54, 1.807) is 0 Å². The quantitative estimate of drug-likeness (QED) is 0.839. The van der Waals surface area contributed by atoms with Gasteiger partial charge in [-0.25, -0.2) is 0 Å². The van der Waals surface area contributed by atoms with Gasteiger partial charge in [-0.1, -0.05) is 13.3 Å². The van der Waals surface area contributed by atoms with Gasteiger partial charge in [-0.15, -0.1) is 0 Å². The molecule has 0 aromatic heterocycles. The number of aryl methyl sites for hydroxylation is 1. The molecule has 2 rings (SSSR count). The lowest BCUT2D eigenvalue weighted by Crippen LogP contribution is -2.38. The minimum absolute atomic E-state index is 0.0699. The summed E-state index contributed by atoms with van der Waals surface area (Å²) in [4.78, 5) is 12.5. The van der Waals surface area contributed by atoms with Crippen molar-refractivity contribution in [1.82, 2.24) is 5.32 Å². The van der Waals surface area contributed by atoms with Crippen LogP contribution in [0.15, 0.2) is 18.2 Å². The number of benzene rings is 1. The third kappa shape index (κ3) is 4.16. The zero-order chi connectivity index (χ0) is 15.2. The molecule has 0 aliphatic heterocycles. The summed E-state index contributed by atoms with van der Waals surface area (Å²) in [5, 5.41) is 7.14. The van der Waals surface area contributed by atoms with Crippen molar-refractivity contribution in [2.24, 2.45) is 0 Å². The Labute approximate surface area is 132 Å². The maximum Gasteiger partial charge on any atom is 0.251 e. The predicted molar refractivity (Wildman–Crippen MR) is 92.4 cm³/mol. The number of carbonyl (C=O) groups is 1. The maximum atomic E-state index is 12.5. The van der Waals surface area contributed by atoms with Crippen molar-refractivity contribution in [3.63, 3.8) is 0 Å². The van der Waals surface area contributed by atoms with Gasteiger partial charge in [0.1, 0.15) is 0 Å². The summed E-state index contributed by atoms with van der Waals surface area (Å²) in [6, 6.07) is 6.32. The molecule has 2 N–H and O–H groups in total. The molecule has 0 radical (unpaired) electrons. The van der Waals surface area contributed by atoms with Gasteiger partial charge in [0.25, 0.3) is 5.91 Å². The van der Waals surface area contributed by atoms with E-state index in [1.807, 2.05) is 30.8 Å². The monoisotopic (exact) mass is 306 g/mol. The van der Waals surface area contributed by atoms with E-state index in [-0.39, 0.29) is 5.91 Å². The molecule has 1 aliphatic rings. The zero-order valence-electron chi connectivity index (χ0n) is 13.2. The van der Waals surface area contributed by atoms with E-state index >= 15 is 0 Å². The summed E-state index contributed by atoms with van der Waals surface area (Å²) in [5.74, 6) is 0.0699. The molecular formula is C17H26N2OS. The molecule has 1 aliphatic carbocycles. The van der Waals surface area contributed by atoms with Gasteiger partial charge in [0.05, 0.1) is 0 Å². The molecule has 21 heavy (non-hydrogen) atoms. The molecule has 116 valence electrons. The fraction of sp³-hybridized carbons (Fsp3) is 0.588. The van der Waals surface area contributed by atoms with Gasteiger partial charge in [-0.05, 0) is 56.2 Å². The Hall–Kier alpha value is -1.16. The zero-order valence-corrected chi connectivity index (χ0v) is 14.1. The van der Waals surface area contributed by atoms with Crippen molar-refractivity contribution in [1.29, 1.82) is 0 Å². The first kappa shape index (κ1) is 16.2. The van der Waals surface area contributed by atoms with E-state index in [1.165, 1.54) is 12.8 Å². The summed E-state index contributed by atoms with van der Waals surface area (Å²) in [6.45, 7) is 5.11. The van der Waals surface area contributed by atoms with E-state index in [4.69, 9.17) is 0 Å². The van der Waals surface area contributed by atoms with Gasteiger partial charge in [-0.3, -0.25) is 4.79 Å². The Balaban J connectivity index is 2.02. The molecule has 2 unspecified atom stereocenters. The fourth-order valence-electron chi connectivity index (χ4n) is 2.92. The van der Waals surface area contributed by atoms with Crippen molar-refractivity contribution in [3.8, 4) is 0 Å². The highest BCUT2D eigenvalue weighted by Gasteiger charge is 2.28. The number of anilines is 1. The van der Waals surface area contributed by atoms with Crippen LogP contribution in [-0.4, -0.2) is 30.0 Å². The Morgan fingerprint density at radius 3 is 2.86 bits per heavy atom. The van der Waals surface area contributed by atoms with Gasteiger partial charge >= 0.3 is 0 Å². The van der Waals surface area contributed by atoms with Crippen LogP contribution in [0.3, 0.4) is 0 Å². The van der Waals surface area contributed by atoms with Gasteiger partial charge in [0.2, 0.25) is 0 Å². The van der Waals surface area contributed by atoms with Crippen molar-refractivity contribution >= 4 is 23.4 Å². The van der Waals surface area contributed by atoms with Crippen molar-refractivity contribution < 1.29 is 4.79 Å². The third-order valence-corrected chi connectivity index (χ3v) is 5.29. The Kier molecular flexibility index (Phi) is 5.97. The number of carbonyl (C=O) groups excluding carboxylic acids is 1. The molecule has 1 fully saturated rings. The SMILES string of the molecule is CCCNc1ccc(C(=O)NC2CCCC2SC)c(C)c1. The summed E-state index contributed by atoms with van der Waals surface area (Å²) in [7, 11) is 0. The second-order valence-electron chi connectivity index (χ2n) is 5.74. The number of hydrogen-bond acceptors (Lipinski definition) is 3. The Morgan fingerprint density at radius 2 is 2.19 bits per heavy atom. The van der Waals surface area contributed by atoms with Crippen molar-refractivity contribution in [3.05, 3.63) is 29.3 Å². The first-order chi connectivity index (χ1) is 10.2.